The van der Waals surface area contributed by atoms with Crippen molar-refractivity contribution in [1.82, 2.24) is 5.32 Å². The van der Waals surface area contributed by atoms with Crippen LogP contribution in [-0.4, -0.2) is 45.5 Å². The van der Waals surface area contributed by atoms with Gasteiger partial charge in [-0.3, -0.25) is 9.59 Å². The second-order valence-electron chi connectivity index (χ2n) is 5.03. The summed E-state index contributed by atoms with van der Waals surface area (Å²) in [5, 5.41) is 3.13. The van der Waals surface area contributed by atoms with Gasteiger partial charge >= 0.3 is 5.97 Å². The van der Waals surface area contributed by atoms with E-state index >= 15 is 0 Å². The van der Waals surface area contributed by atoms with E-state index in [9.17, 15) is 9.59 Å². The first-order valence-electron chi connectivity index (χ1n) is 7.11. The zero-order valence-electron chi connectivity index (χ0n) is 13.2. The Morgan fingerprint density at radius 2 is 1.86 bits per heavy atom. The molecule has 0 aromatic heterocycles. The molecule has 0 spiro atoms. The summed E-state index contributed by atoms with van der Waals surface area (Å²) in [5.74, 6) is -0.292. The van der Waals surface area contributed by atoms with Crippen molar-refractivity contribution in [3.8, 4) is 0 Å². The van der Waals surface area contributed by atoms with Crippen LogP contribution < -0.4 is 10.2 Å². The van der Waals surface area contributed by atoms with E-state index in [1.165, 1.54) is 7.11 Å². The number of carbonyl (C=O) groups is 2. The molecule has 0 amide bonds. The molecule has 1 unspecified atom stereocenters. The number of Topliss-reactive ketones (excluding diaryl/α,β-unsaturated/α-hetero) is 1. The van der Waals surface area contributed by atoms with Gasteiger partial charge in [-0.15, -0.1) is 0 Å². The molecule has 1 N–H and O–H groups in total. The minimum absolute atomic E-state index is 0.00561. The van der Waals surface area contributed by atoms with E-state index < -0.39 is 0 Å². The second kappa shape index (κ2) is 8.42. The predicted octanol–water partition coefficient (Wildman–Crippen LogP) is 1.87. The molecule has 116 valence electrons. The molecule has 1 aromatic rings. The molecule has 0 saturated carbocycles. The molecule has 1 aromatic carbocycles. The number of hydrogen-bond acceptors (Lipinski definition) is 5. The zero-order valence-corrected chi connectivity index (χ0v) is 13.2. The first-order valence-corrected chi connectivity index (χ1v) is 7.11. The summed E-state index contributed by atoms with van der Waals surface area (Å²) < 4.78 is 4.62. The number of esters is 1. The highest BCUT2D eigenvalue weighted by molar-refractivity contribution is 6.00. The molecule has 0 saturated heterocycles. The normalized spacial score (nSPS) is 11.8. The van der Waals surface area contributed by atoms with E-state index in [4.69, 9.17) is 0 Å². The van der Waals surface area contributed by atoms with Crippen LogP contribution in [0.1, 0.15) is 30.1 Å². The van der Waals surface area contributed by atoms with Crippen LogP contribution in [0.5, 0.6) is 0 Å². The third-order valence-corrected chi connectivity index (χ3v) is 3.30. The van der Waals surface area contributed by atoms with Gasteiger partial charge in [0.05, 0.1) is 13.2 Å². The summed E-state index contributed by atoms with van der Waals surface area (Å²) in [7, 11) is 5.26. The van der Waals surface area contributed by atoms with Crippen molar-refractivity contribution >= 4 is 17.4 Å². The maximum Gasteiger partial charge on any atom is 0.305 e. The number of hydrogen-bond donors (Lipinski definition) is 1. The summed E-state index contributed by atoms with van der Waals surface area (Å²) in [6.07, 6.45) is 0.671. The van der Waals surface area contributed by atoms with Gasteiger partial charge in [-0.1, -0.05) is 6.92 Å². The van der Waals surface area contributed by atoms with Gasteiger partial charge in [-0.05, 0) is 37.2 Å². The molecule has 0 fully saturated rings. The summed E-state index contributed by atoms with van der Waals surface area (Å²) >= 11 is 0. The molecule has 5 nitrogen and oxygen atoms in total. The number of benzene rings is 1. The molecule has 0 heterocycles. The Bertz CT molecular complexity index is 469. The number of ketones is 1. The van der Waals surface area contributed by atoms with Gasteiger partial charge in [0.15, 0.2) is 5.78 Å². The minimum atomic E-state index is -0.362. The highest BCUT2D eigenvalue weighted by Gasteiger charge is 2.20. The van der Waals surface area contributed by atoms with Crippen LogP contribution >= 0.6 is 0 Å². The van der Waals surface area contributed by atoms with Crippen molar-refractivity contribution in [2.24, 2.45) is 0 Å². The van der Waals surface area contributed by atoms with E-state index in [0.29, 0.717) is 18.5 Å². The van der Waals surface area contributed by atoms with E-state index in [1.807, 2.05) is 50.2 Å². The van der Waals surface area contributed by atoms with Gasteiger partial charge in [-0.2, -0.15) is 0 Å². The van der Waals surface area contributed by atoms with Crippen molar-refractivity contribution in [3.05, 3.63) is 29.8 Å². The van der Waals surface area contributed by atoms with Gasteiger partial charge in [0, 0.05) is 31.8 Å². The number of rotatable bonds is 8. The number of ether oxygens (including phenoxy) is 1. The lowest BCUT2D eigenvalue weighted by Crippen LogP contribution is -2.37. The van der Waals surface area contributed by atoms with Crippen molar-refractivity contribution < 1.29 is 14.3 Å². The standard InChI is InChI=1S/C16H24N2O3/c1-5-17-14(10-11-15(19)21-4)16(20)12-6-8-13(9-7-12)18(2)3/h6-9,14,17H,5,10-11H2,1-4H3. The van der Waals surface area contributed by atoms with Crippen LogP contribution in [0.4, 0.5) is 5.69 Å². The topological polar surface area (TPSA) is 58.6 Å². The maximum absolute atomic E-state index is 12.5. The number of nitrogens with one attached hydrogen (secondary N) is 1. The molecule has 0 aliphatic carbocycles. The van der Waals surface area contributed by atoms with Gasteiger partial charge in [0.2, 0.25) is 0 Å². The minimum Gasteiger partial charge on any atom is -0.469 e. The molecule has 0 bridgehead atoms. The molecule has 21 heavy (non-hydrogen) atoms. The van der Waals surface area contributed by atoms with Crippen molar-refractivity contribution in [3.63, 3.8) is 0 Å². The number of carbonyl (C=O) groups excluding carboxylic acids is 2. The van der Waals surface area contributed by atoms with E-state index in [1.54, 1.807) is 0 Å². The molecular weight excluding hydrogens is 268 g/mol. The van der Waals surface area contributed by atoms with Crippen LogP contribution in [0.25, 0.3) is 0 Å². The van der Waals surface area contributed by atoms with Crippen LogP contribution in [0.15, 0.2) is 24.3 Å². The van der Waals surface area contributed by atoms with Crippen LogP contribution in [0.3, 0.4) is 0 Å². The number of likely N-dealkylation sites (N-methyl/N-ethyl adjacent to an activating group) is 1. The van der Waals surface area contributed by atoms with Crippen molar-refractivity contribution in [2.75, 3.05) is 32.6 Å². The lowest BCUT2D eigenvalue weighted by Gasteiger charge is -2.17. The third-order valence-electron chi connectivity index (χ3n) is 3.30. The van der Waals surface area contributed by atoms with E-state index in [2.05, 4.69) is 10.1 Å². The van der Waals surface area contributed by atoms with Gasteiger partial charge in [0.25, 0.3) is 0 Å². The Balaban J connectivity index is 2.77. The molecule has 0 aliphatic heterocycles. The van der Waals surface area contributed by atoms with Gasteiger partial charge < -0.3 is 15.0 Å². The van der Waals surface area contributed by atoms with Crippen molar-refractivity contribution in [2.45, 2.75) is 25.8 Å². The Morgan fingerprint density at radius 3 is 2.33 bits per heavy atom. The SMILES string of the molecule is CCNC(CCC(=O)OC)C(=O)c1ccc(N(C)C)cc1. The van der Waals surface area contributed by atoms with Crippen LogP contribution in [0.2, 0.25) is 0 Å². The fourth-order valence-corrected chi connectivity index (χ4v) is 2.06. The fourth-order valence-electron chi connectivity index (χ4n) is 2.06. The molecular formula is C16H24N2O3. The Hall–Kier alpha value is -1.88. The van der Waals surface area contributed by atoms with Crippen LogP contribution in [-0.2, 0) is 9.53 Å². The predicted molar refractivity (Wildman–Crippen MR) is 83.8 cm³/mol. The molecule has 0 radical (unpaired) electrons. The molecule has 5 heteroatoms. The average Bonchev–Trinajstić information content (AvgIpc) is 2.50. The number of methoxy groups -OCH3 is 1. The smallest absolute Gasteiger partial charge is 0.305 e. The first kappa shape index (κ1) is 17.2. The Morgan fingerprint density at radius 1 is 1.24 bits per heavy atom. The van der Waals surface area contributed by atoms with Crippen LogP contribution in [0, 0.1) is 0 Å². The number of anilines is 1. The molecule has 0 aliphatic rings. The average molecular weight is 292 g/mol. The monoisotopic (exact) mass is 292 g/mol. The Kier molecular flexibility index (Phi) is 6.88. The first-order chi connectivity index (χ1) is 9.99. The quantitative estimate of drug-likeness (QED) is 0.585. The largest absolute Gasteiger partial charge is 0.469 e. The van der Waals surface area contributed by atoms with Gasteiger partial charge in [-0.25, -0.2) is 0 Å². The summed E-state index contributed by atoms with van der Waals surface area (Å²) in [6, 6.07) is 7.10. The lowest BCUT2D eigenvalue weighted by atomic mass is 9.99. The highest BCUT2D eigenvalue weighted by atomic mass is 16.5. The summed E-state index contributed by atoms with van der Waals surface area (Å²) in [6.45, 7) is 2.61. The molecule has 1 rings (SSSR count). The maximum atomic E-state index is 12.5. The van der Waals surface area contributed by atoms with Crippen molar-refractivity contribution in [1.29, 1.82) is 0 Å². The second-order valence-corrected chi connectivity index (χ2v) is 5.03. The summed E-state index contributed by atoms with van der Waals surface area (Å²) in [5.41, 5.74) is 1.69. The summed E-state index contributed by atoms with van der Waals surface area (Å²) in [4.78, 5) is 25.7. The third kappa shape index (κ3) is 5.19. The fraction of sp³-hybridized carbons (Fsp3) is 0.500. The van der Waals surface area contributed by atoms with E-state index in [-0.39, 0.29) is 24.2 Å². The number of nitrogens with zero attached hydrogens (tertiary/aromatic N) is 1. The Labute approximate surface area is 126 Å². The van der Waals surface area contributed by atoms with E-state index in [0.717, 1.165) is 5.69 Å². The molecule has 1 atom stereocenters. The highest BCUT2D eigenvalue weighted by Crippen LogP contribution is 2.15. The lowest BCUT2D eigenvalue weighted by molar-refractivity contribution is -0.140. The van der Waals surface area contributed by atoms with Gasteiger partial charge in [0.1, 0.15) is 0 Å². The zero-order chi connectivity index (χ0) is 15.8.